The van der Waals surface area contributed by atoms with Gasteiger partial charge in [0.1, 0.15) is 12.0 Å². The van der Waals surface area contributed by atoms with Gasteiger partial charge in [0.2, 0.25) is 0 Å². The summed E-state index contributed by atoms with van der Waals surface area (Å²) in [6, 6.07) is 17.0. The molecular formula is C22H14ClN5O2. The van der Waals surface area contributed by atoms with Gasteiger partial charge in [-0.2, -0.15) is 0 Å². The molecule has 146 valence electrons. The van der Waals surface area contributed by atoms with Gasteiger partial charge >= 0.3 is 0 Å². The van der Waals surface area contributed by atoms with Crippen molar-refractivity contribution in [3.8, 4) is 11.6 Å². The van der Waals surface area contributed by atoms with E-state index in [1.54, 1.807) is 12.3 Å². The molecule has 30 heavy (non-hydrogen) atoms. The molecule has 0 aliphatic rings. The average molecular weight is 416 g/mol. The molecule has 0 saturated heterocycles. The van der Waals surface area contributed by atoms with Crippen molar-refractivity contribution in [1.82, 2.24) is 24.7 Å². The van der Waals surface area contributed by atoms with Crippen LogP contribution in [0.1, 0.15) is 21.8 Å². The SMILES string of the molecule is O=C(c1nnc(-c2ccncn2)o1)c1cn(Cc2ccc(Cl)cc2)c2ccccc12. The lowest BCUT2D eigenvalue weighted by atomic mass is 10.1. The Morgan fingerprint density at radius 3 is 2.67 bits per heavy atom. The highest BCUT2D eigenvalue weighted by Crippen LogP contribution is 2.26. The molecule has 5 aromatic rings. The zero-order valence-corrected chi connectivity index (χ0v) is 16.3. The van der Waals surface area contributed by atoms with Crippen LogP contribution in [0.5, 0.6) is 0 Å². The number of benzene rings is 2. The molecule has 3 aromatic heterocycles. The van der Waals surface area contributed by atoms with Gasteiger partial charge in [0.25, 0.3) is 17.6 Å². The maximum atomic E-state index is 13.2. The third-order valence-electron chi connectivity index (χ3n) is 4.72. The lowest BCUT2D eigenvalue weighted by molar-refractivity contribution is 0.100. The predicted octanol–water partition coefficient (Wildman–Crippen LogP) is 4.41. The van der Waals surface area contributed by atoms with E-state index in [-0.39, 0.29) is 17.6 Å². The van der Waals surface area contributed by atoms with Crippen LogP contribution in [0, 0.1) is 0 Å². The number of hydrogen-bond donors (Lipinski definition) is 0. The molecule has 0 radical (unpaired) electrons. The molecule has 8 heteroatoms. The number of aromatic nitrogens is 5. The van der Waals surface area contributed by atoms with Crippen molar-refractivity contribution in [2.24, 2.45) is 0 Å². The zero-order valence-electron chi connectivity index (χ0n) is 15.6. The summed E-state index contributed by atoms with van der Waals surface area (Å²) in [5, 5.41) is 9.38. The van der Waals surface area contributed by atoms with E-state index < -0.39 is 0 Å². The maximum absolute atomic E-state index is 13.2. The summed E-state index contributed by atoms with van der Waals surface area (Å²) < 4.78 is 7.61. The van der Waals surface area contributed by atoms with Crippen LogP contribution < -0.4 is 0 Å². The number of fused-ring (bicyclic) bond motifs is 1. The van der Waals surface area contributed by atoms with Crippen LogP contribution in [0.2, 0.25) is 5.02 Å². The summed E-state index contributed by atoms with van der Waals surface area (Å²) in [5.41, 5.74) is 2.97. The number of ketones is 1. The Balaban J connectivity index is 1.52. The first kappa shape index (κ1) is 18.2. The van der Waals surface area contributed by atoms with Gasteiger partial charge in [0, 0.05) is 34.9 Å². The number of rotatable bonds is 5. The van der Waals surface area contributed by atoms with E-state index in [2.05, 4.69) is 20.2 Å². The Labute approximate surface area is 176 Å². The largest absolute Gasteiger partial charge is 0.412 e. The van der Waals surface area contributed by atoms with E-state index in [0.29, 0.717) is 22.8 Å². The summed E-state index contributed by atoms with van der Waals surface area (Å²) in [5.74, 6) is -0.252. The lowest BCUT2D eigenvalue weighted by Gasteiger charge is -2.05. The number of para-hydroxylation sites is 1. The second-order valence-electron chi connectivity index (χ2n) is 6.65. The van der Waals surface area contributed by atoms with E-state index >= 15 is 0 Å². The smallest absolute Gasteiger partial charge is 0.289 e. The molecule has 0 atom stereocenters. The summed E-state index contributed by atoms with van der Waals surface area (Å²) in [7, 11) is 0. The maximum Gasteiger partial charge on any atom is 0.289 e. The van der Waals surface area contributed by atoms with Crippen LogP contribution >= 0.6 is 11.6 Å². The second kappa shape index (κ2) is 7.53. The average Bonchev–Trinajstić information content (AvgIpc) is 3.42. The quantitative estimate of drug-likeness (QED) is 0.395. The van der Waals surface area contributed by atoms with E-state index in [0.717, 1.165) is 16.5 Å². The highest BCUT2D eigenvalue weighted by Gasteiger charge is 2.22. The molecule has 2 aromatic carbocycles. The number of carbonyl (C=O) groups is 1. The van der Waals surface area contributed by atoms with Crippen LogP contribution in [0.15, 0.2) is 77.7 Å². The highest BCUT2D eigenvalue weighted by atomic mass is 35.5. The Bertz CT molecular complexity index is 1340. The summed E-state index contributed by atoms with van der Waals surface area (Å²) in [6.07, 6.45) is 4.76. The zero-order chi connectivity index (χ0) is 20.5. The molecular weight excluding hydrogens is 402 g/mol. The van der Waals surface area contributed by atoms with Crippen LogP contribution in [0.4, 0.5) is 0 Å². The van der Waals surface area contributed by atoms with Crippen molar-refractivity contribution in [2.75, 3.05) is 0 Å². The van der Waals surface area contributed by atoms with Gasteiger partial charge < -0.3 is 8.98 Å². The lowest BCUT2D eigenvalue weighted by Crippen LogP contribution is -2.02. The van der Waals surface area contributed by atoms with E-state index in [4.69, 9.17) is 16.0 Å². The summed E-state index contributed by atoms with van der Waals surface area (Å²) >= 11 is 5.99. The minimum Gasteiger partial charge on any atom is -0.412 e. The van der Waals surface area contributed by atoms with Crippen LogP contribution in [0.3, 0.4) is 0 Å². The van der Waals surface area contributed by atoms with Crippen molar-refractivity contribution in [1.29, 1.82) is 0 Å². The molecule has 0 spiro atoms. The van der Waals surface area contributed by atoms with Crippen LogP contribution in [0.25, 0.3) is 22.5 Å². The Morgan fingerprint density at radius 1 is 1.03 bits per heavy atom. The molecule has 0 unspecified atom stereocenters. The molecule has 0 bridgehead atoms. The number of nitrogens with zero attached hydrogens (tertiary/aromatic N) is 5. The molecule has 3 heterocycles. The summed E-state index contributed by atoms with van der Waals surface area (Å²) in [4.78, 5) is 21.1. The Hall–Kier alpha value is -3.84. The second-order valence-corrected chi connectivity index (χ2v) is 7.09. The van der Waals surface area contributed by atoms with E-state index in [1.807, 2.05) is 59.3 Å². The van der Waals surface area contributed by atoms with Gasteiger partial charge in [-0.25, -0.2) is 9.97 Å². The molecule has 0 saturated carbocycles. The van der Waals surface area contributed by atoms with Crippen molar-refractivity contribution >= 4 is 28.3 Å². The molecule has 7 nitrogen and oxygen atoms in total. The topological polar surface area (TPSA) is 86.7 Å². The third-order valence-corrected chi connectivity index (χ3v) is 4.97. The minimum absolute atomic E-state index is 0.0852. The third kappa shape index (κ3) is 3.35. The Morgan fingerprint density at radius 2 is 1.87 bits per heavy atom. The van der Waals surface area contributed by atoms with Gasteiger partial charge in [-0.1, -0.05) is 41.9 Å². The molecule has 0 aliphatic carbocycles. The number of carbonyl (C=O) groups excluding carboxylic acids is 1. The molecule has 0 aliphatic heterocycles. The van der Waals surface area contributed by atoms with Crippen molar-refractivity contribution in [3.05, 3.63) is 95.4 Å². The van der Waals surface area contributed by atoms with Gasteiger partial charge in [-0.15, -0.1) is 10.2 Å². The van der Waals surface area contributed by atoms with Crippen molar-refractivity contribution in [2.45, 2.75) is 6.54 Å². The van der Waals surface area contributed by atoms with E-state index in [9.17, 15) is 4.79 Å². The molecule has 5 rings (SSSR count). The number of halogens is 1. The van der Waals surface area contributed by atoms with Gasteiger partial charge in [-0.3, -0.25) is 4.79 Å². The van der Waals surface area contributed by atoms with Crippen LogP contribution in [-0.4, -0.2) is 30.5 Å². The van der Waals surface area contributed by atoms with Crippen LogP contribution in [-0.2, 0) is 6.54 Å². The predicted molar refractivity (Wildman–Crippen MR) is 111 cm³/mol. The van der Waals surface area contributed by atoms with E-state index in [1.165, 1.54) is 6.33 Å². The fourth-order valence-corrected chi connectivity index (χ4v) is 3.42. The van der Waals surface area contributed by atoms with Gasteiger partial charge in [-0.05, 0) is 29.8 Å². The van der Waals surface area contributed by atoms with Crippen molar-refractivity contribution in [3.63, 3.8) is 0 Å². The first-order valence-corrected chi connectivity index (χ1v) is 9.54. The monoisotopic (exact) mass is 415 g/mol. The standard InChI is InChI=1S/C22H14ClN5O2/c23-15-7-5-14(6-8-15)11-28-12-17(16-3-1-2-4-19(16)28)20(29)22-27-26-21(30-22)18-9-10-24-13-25-18/h1-10,12-13H,11H2. The summed E-state index contributed by atoms with van der Waals surface area (Å²) in [6.45, 7) is 0.598. The number of hydrogen-bond acceptors (Lipinski definition) is 6. The Kier molecular flexibility index (Phi) is 4.57. The minimum atomic E-state index is -0.339. The highest BCUT2D eigenvalue weighted by molar-refractivity contribution is 6.30. The van der Waals surface area contributed by atoms with Gasteiger partial charge in [0.05, 0.1) is 5.56 Å². The molecule has 0 fully saturated rings. The molecule has 0 amide bonds. The van der Waals surface area contributed by atoms with Gasteiger partial charge in [0.15, 0.2) is 0 Å². The first-order valence-electron chi connectivity index (χ1n) is 9.16. The fraction of sp³-hybridized carbons (Fsp3) is 0.0455. The fourth-order valence-electron chi connectivity index (χ4n) is 3.30. The normalized spacial score (nSPS) is 11.1. The molecule has 0 N–H and O–H groups in total. The first-order chi connectivity index (χ1) is 14.7. The van der Waals surface area contributed by atoms with Crippen molar-refractivity contribution < 1.29 is 9.21 Å².